The molecule has 2 aromatic rings. The number of benzene rings is 2. The van der Waals surface area contributed by atoms with Crippen LogP contribution in [0.25, 0.3) is 0 Å². The molecule has 2 rings (SSSR count). The molecule has 0 unspecified atom stereocenters. The van der Waals surface area contributed by atoms with Crippen LogP contribution in [0.4, 0.5) is 5.69 Å². The number of carbonyl (C=O) groups excluding carboxylic acids is 3. The summed E-state index contributed by atoms with van der Waals surface area (Å²) in [4.78, 5) is 36.7. The van der Waals surface area contributed by atoms with Gasteiger partial charge in [0.15, 0.2) is 6.61 Å². The van der Waals surface area contributed by atoms with Crippen molar-refractivity contribution in [1.82, 2.24) is 5.32 Å². The van der Waals surface area contributed by atoms with Gasteiger partial charge in [-0.25, -0.2) is 4.79 Å². The van der Waals surface area contributed by atoms with E-state index in [9.17, 15) is 14.4 Å². The van der Waals surface area contributed by atoms with Crippen LogP contribution in [0.3, 0.4) is 0 Å². The molecule has 28 heavy (non-hydrogen) atoms. The second-order valence-corrected chi connectivity index (χ2v) is 7.12. The van der Waals surface area contributed by atoms with Gasteiger partial charge in [-0.05, 0) is 48.7 Å². The van der Waals surface area contributed by atoms with Gasteiger partial charge < -0.3 is 15.4 Å². The van der Waals surface area contributed by atoms with Gasteiger partial charge in [-0.2, -0.15) is 0 Å². The lowest BCUT2D eigenvalue weighted by molar-refractivity contribution is -0.149. The summed E-state index contributed by atoms with van der Waals surface area (Å²) in [6.07, 6.45) is 0.399. The summed E-state index contributed by atoms with van der Waals surface area (Å²) in [5.74, 6) is -1.34. The van der Waals surface area contributed by atoms with E-state index in [4.69, 9.17) is 16.3 Å². The first-order valence-electron chi connectivity index (χ1n) is 8.93. The molecule has 0 fully saturated rings. The number of esters is 1. The van der Waals surface area contributed by atoms with Gasteiger partial charge in [0.2, 0.25) is 0 Å². The Kier molecular flexibility index (Phi) is 8.02. The van der Waals surface area contributed by atoms with E-state index in [0.29, 0.717) is 22.7 Å². The number of nitrogens with one attached hydrogen (secondary N) is 2. The summed E-state index contributed by atoms with van der Waals surface area (Å²) in [5, 5.41) is 5.84. The Morgan fingerprint density at radius 1 is 1.00 bits per heavy atom. The van der Waals surface area contributed by atoms with Crippen molar-refractivity contribution in [3.8, 4) is 0 Å². The van der Waals surface area contributed by atoms with Crippen LogP contribution in [0.2, 0.25) is 5.02 Å². The molecule has 0 saturated heterocycles. The Bertz CT molecular complexity index is 807. The lowest BCUT2D eigenvalue weighted by Crippen LogP contribution is -2.43. The fourth-order valence-electron chi connectivity index (χ4n) is 2.48. The van der Waals surface area contributed by atoms with Crippen LogP contribution in [-0.2, 0) is 14.3 Å². The summed E-state index contributed by atoms with van der Waals surface area (Å²) >= 11 is 5.80. The quantitative estimate of drug-likeness (QED) is 0.660. The largest absolute Gasteiger partial charge is 0.454 e. The molecule has 0 radical (unpaired) electrons. The topological polar surface area (TPSA) is 84.5 Å². The highest BCUT2D eigenvalue weighted by Gasteiger charge is 2.24. The molecule has 0 heterocycles. The molecule has 2 aromatic carbocycles. The Hall–Kier alpha value is -2.86. The zero-order valence-corrected chi connectivity index (χ0v) is 16.5. The third-order valence-corrected chi connectivity index (χ3v) is 4.06. The van der Waals surface area contributed by atoms with E-state index >= 15 is 0 Å². The van der Waals surface area contributed by atoms with Crippen LogP contribution < -0.4 is 10.6 Å². The van der Waals surface area contributed by atoms with E-state index in [1.165, 1.54) is 0 Å². The number of hydrogen-bond acceptors (Lipinski definition) is 4. The lowest BCUT2D eigenvalue weighted by atomic mass is 10.0. The molecule has 0 aliphatic carbocycles. The van der Waals surface area contributed by atoms with Crippen LogP contribution in [0, 0.1) is 5.92 Å². The number of anilines is 1. The van der Waals surface area contributed by atoms with Crippen molar-refractivity contribution in [1.29, 1.82) is 0 Å². The van der Waals surface area contributed by atoms with Crippen LogP contribution in [0.1, 0.15) is 30.6 Å². The van der Waals surface area contributed by atoms with E-state index in [1.807, 2.05) is 13.8 Å². The molecule has 6 nitrogen and oxygen atoms in total. The minimum absolute atomic E-state index is 0.150. The van der Waals surface area contributed by atoms with Gasteiger partial charge in [0.25, 0.3) is 11.8 Å². The predicted octanol–water partition coefficient (Wildman–Crippen LogP) is 3.67. The van der Waals surface area contributed by atoms with Crippen LogP contribution >= 0.6 is 11.6 Å². The van der Waals surface area contributed by atoms with Crippen molar-refractivity contribution in [3.63, 3.8) is 0 Å². The van der Waals surface area contributed by atoms with Crippen LogP contribution in [-0.4, -0.2) is 30.4 Å². The zero-order valence-electron chi connectivity index (χ0n) is 15.8. The predicted molar refractivity (Wildman–Crippen MR) is 108 cm³/mol. The fraction of sp³-hybridized carbons (Fsp3) is 0.286. The van der Waals surface area contributed by atoms with Gasteiger partial charge in [0.05, 0.1) is 0 Å². The standard InChI is InChI=1S/C21H23ClN2O4/c1-14(2)12-18(24-20(26)15-6-4-3-5-7-15)21(27)28-13-19(25)23-17-10-8-16(22)9-11-17/h3-11,14,18H,12-13H2,1-2H3,(H,23,25)(H,24,26)/t18-/m1/s1. The molecule has 0 aromatic heterocycles. The molecule has 7 heteroatoms. The molecule has 0 spiro atoms. The SMILES string of the molecule is CC(C)C[C@@H](NC(=O)c1ccccc1)C(=O)OCC(=O)Nc1ccc(Cl)cc1. The maximum absolute atomic E-state index is 12.4. The van der Waals surface area contributed by atoms with Crippen molar-refractivity contribution >= 4 is 35.1 Å². The van der Waals surface area contributed by atoms with E-state index in [2.05, 4.69) is 10.6 Å². The summed E-state index contributed by atoms with van der Waals surface area (Å²) in [7, 11) is 0. The number of halogens is 1. The maximum Gasteiger partial charge on any atom is 0.329 e. The number of rotatable bonds is 8. The minimum Gasteiger partial charge on any atom is -0.454 e. The first kappa shape index (κ1) is 21.4. The second-order valence-electron chi connectivity index (χ2n) is 6.68. The summed E-state index contributed by atoms with van der Waals surface area (Å²) in [6.45, 7) is 3.42. The van der Waals surface area contributed by atoms with Crippen LogP contribution in [0.15, 0.2) is 54.6 Å². The van der Waals surface area contributed by atoms with E-state index in [-0.39, 0.29) is 11.8 Å². The van der Waals surface area contributed by atoms with E-state index in [0.717, 1.165) is 0 Å². The van der Waals surface area contributed by atoms with Crippen molar-refractivity contribution in [3.05, 3.63) is 65.2 Å². The molecule has 0 bridgehead atoms. The molecule has 2 N–H and O–H groups in total. The van der Waals surface area contributed by atoms with E-state index in [1.54, 1.807) is 54.6 Å². The van der Waals surface area contributed by atoms with Gasteiger partial charge in [-0.3, -0.25) is 9.59 Å². The molecular weight excluding hydrogens is 380 g/mol. The van der Waals surface area contributed by atoms with Crippen molar-refractivity contribution in [2.45, 2.75) is 26.3 Å². The second kappa shape index (κ2) is 10.5. The fourth-order valence-corrected chi connectivity index (χ4v) is 2.61. The van der Waals surface area contributed by atoms with E-state index < -0.39 is 24.5 Å². The Balaban J connectivity index is 1.91. The molecular formula is C21H23ClN2O4. The average Bonchev–Trinajstić information content (AvgIpc) is 2.67. The average molecular weight is 403 g/mol. The first-order chi connectivity index (χ1) is 13.3. The monoisotopic (exact) mass is 402 g/mol. The summed E-state index contributed by atoms with van der Waals surface area (Å²) < 4.78 is 5.11. The summed E-state index contributed by atoms with van der Waals surface area (Å²) in [6, 6.07) is 14.3. The molecule has 0 saturated carbocycles. The normalized spacial score (nSPS) is 11.6. The number of amides is 2. The highest BCUT2D eigenvalue weighted by atomic mass is 35.5. The van der Waals surface area contributed by atoms with Crippen molar-refractivity contribution < 1.29 is 19.1 Å². The third kappa shape index (κ3) is 7.04. The lowest BCUT2D eigenvalue weighted by Gasteiger charge is -2.19. The molecule has 2 amide bonds. The molecule has 148 valence electrons. The van der Waals surface area contributed by atoms with Gasteiger partial charge in [0.1, 0.15) is 6.04 Å². The number of carbonyl (C=O) groups is 3. The first-order valence-corrected chi connectivity index (χ1v) is 9.31. The van der Waals surface area contributed by atoms with Crippen LogP contribution in [0.5, 0.6) is 0 Å². The maximum atomic E-state index is 12.4. The smallest absolute Gasteiger partial charge is 0.329 e. The van der Waals surface area contributed by atoms with Gasteiger partial charge in [0, 0.05) is 16.3 Å². The number of hydrogen-bond donors (Lipinski definition) is 2. The summed E-state index contributed by atoms with van der Waals surface area (Å²) in [5.41, 5.74) is 0.992. The molecule has 0 aliphatic rings. The van der Waals surface area contributed by atoms with Gasteiger partial charge in [-0.15, -0.1) is 0 Å². The highest BCUT2D eigenvalue weighted by Crippen LogP contribution is 2.13. The Morgan fingerprint density at radius 3 is 2.25 bits per heavy atom. The molecule has 0 aliphatic heterocycles. The van der Waals surface area contributed by atoms with Gasteiger partial charge in [-0.1, -0.05) is 43.6 Å². The van der Waals surface area contributed by atoms with Gasteiger partial charge >= 0.3 is 5.97 Å². The Morgan fingerprint density at radius 2 is 1.64 bits per heavy atom. The zero-order chi connectivity index (χ0) is 20.5. The van der Waals surface area contributed by atoms with Crippen molar-refractivity contribution in [2.24, 2.45) is 5.92 Å². The third-order valence-electron chi connectivity index (χ3n) is 3.81. The molecule has 1 atom stereocenters. The number of ether oxygens (including phenoxy) is 1. The van der Waals surface area contributed by atoms with Crippen molar-refractivity contribution in [2.75, 3.05) is 11.9 Å². The Labute approximate surface area is 169 Å². The minimum atomic E-state index is -0.837. The highest BCUT2D eigenvalue weighted by molar-refractivity contribution is 6.30.